The molecule has 6 rings (SSSR count). The molecule has 4 aromatic rings. The van der Waals surface area contributed by atoms with Crippen LogP contribution in [-0.4, -0.2) is 40.2 Å². The van der Waals surface area contributed by atoms with Crippen LogP contribution in [0.2, 0.25) is 5.02 Å². The van der Waals surface area contributed by atoms with E-state index in [1.807, 2.05) is 24.3 Å². The van der Waals surface area contributed by atoms with Crippen molar-refractivity contribution in [3.8, 4) is 11.5 Å². The number of aryl methyl sites for hydroxylation is 1. The molecule has 9 nitrogen and oxygen atoms in total. The summed E-state index contributed by atoms with van der Waals surface area (Å²) < 4.78 is 17.6. The van der Waals surface area contributed by atoms with Crippen molar-refractivity contribution < 1.29 is 28.6 Å². The van der Waals surface area contributed by atoms with E-state index in [4.69, 9.17) is 25.5 Å². The van der Waals surface area contributed by atoms with E-state index in [-0.39, 0.29) is 16.5 Å². The van der Waals surface area contributed by atoms with Crippen LogP contribution in [0.3, 0.4) is 0 Å². The Morgan fingerprint density at radius 3 is 2.59 bits per heavy atom. The van der Waals surface area contributed by atoms with Crippen molar-refractivity contribution in [1.82, 2.24) is 10.2 Å². The fourth-order valence-corrected chi connectivity index (χ4v) is 6.28. The van der Waals surface area contributed by atoms with E-state index in [9.17, 15) is 14.7 Å². The van der Waals surface area contributed by atoms with E-state index in [0.29, 0.717) is 56.9 Å². The molecule has 1 N–H and O–H groups in total. The lowest BCUT2D eigenvalue weighted by Crippen LogP contribution is -2.29. The van der Waals surface area contributed by atoms with Crippen molar-refractivity contribution in [2.24, 2.45) is 0 Å². The number of thioether (sulfide) groups is 1. The first-order valence-electron chi connectivity index (χ1n) is 11.9. The lowest BCUT2D eigenvalue weighted by Gasteiger charge is -2.21. The van der Waals surface area contributed by atoms with Gasteiger partial charge in [-0.3, -0.25) is 14.5 Å². The van der Waals surface area contributed by atoms with E-state index < -0.39 is 17.7 Å². The Balaban J connectivity index is 1.36. The molecule has 1 atom stereocenters. The largest absolute Gasteiger partial charge is 0.507 e. The van der Waals surface area contributed by atoms with Gasteiger partial charge in [0.25, 0.3) is 5.78 Å². The number of Topliss-reactive ketones (excluding diaryl/α,β-unsaturated/α-hetero) is 1. The molecule has 1 unspecified atom stereocenters. The number of halogens is 1. The lowest BCUT2D eigenvalue weighted by molar-refractivity contribution is -0.132. The van der Waals surface area contributed by atoms with E-state index >= 15 is 0 Å². The average molecular weight is 582 g/mol. The quantitative estimate of drug-likeness (QED) is 0.0994. The Kier molecular flexibility index (Phi) is 6.79. The molecule has 0 spiro atoms. The fraction of sp³-hybridized carbons (Fsp3) is 0.185. The Hall–Kier alpha value is -3.80. The molecular weight excluding hydrogens is 562 g/mol. The first kappa shape index (κ1) is 25.5. The normalized spacial score (nSPS) is 18.1. The number of ketones is 1. The summed E-state index contributed by atoms with van der Waals surface area (Å²) in [7, 11) is 0. The summed E-state index contributed by atoms with van der Waals surface area (Å²) in [6.07, 6.45) is 0. The first-order chi connectivity index (χ1) is 18.9. The molecule has 2 aromatic carbocycles. The highest BCUT2D eigenvalue weighted by atomic mass is 35.5. The highest BCUT2D eigenvalue weighted by Gasteiger charge is 2.50. The molecule has 198 valence electrons. The van der Waals surface area contributed by atoms with Crippen LogP contribution in [0.15, 0.2) is 68.9 Å². The molecule has 39 heavy (non-hydrogen) atoms. The summed E-state index contributed by atoms with van der Waals surface area (Å²) >= 11 is 8.59. The number of carbonyl (C=O) groups is 2. The Morgan fingerprint density at radius 2 is 1.85 bits per heavy atom. The molecule has 0 saturated carbocycles. The Labute approximate surface area is 236 Å². The maximum Gasteiger partial charge on any atom is 0.302 e. The second-order valence-corrected chi connectivity index (χ2v) is 11.4. The first-order valence-corrected chi connectivity index (χ1v) is 14.0. The number of hydrogen-bond acceptors (Lipinski definition) is 10. The number of anilines is 1. The number of amides is 1. The Bertz CT molecular complexity index is 1610. The van der Waals surface area contributed by atoms with Gasteiger partial charge in [0.05, 0.1) is 5.57 Å². The zero-order valence-corrected chi connectivity index (χ0v) is 22.8. The third-order valence-electron chi connectivity index (χ3n) is 6.17. The summed E-state index contributed by atoms with van der Waals surface area (Å²) in [6, 6.07) is 14.7. The van der Waals surface area contributed by atoms with Crippen LogP contribution in [0.1, 0.15) is 28.7 Å². The number of nitrogens with zero attached hydrogens (tertiary/aromatic N) is 3. The summed E-state index contributed by atoms with van der Waals surface area (Å²) in [5.74, 6) is 0.461. The van der Waals surface area contributed by atoms with Crippen molar-refractivity contribution in [2.45, 2.75) is 23.1 Å². The molecule has 2 aliphatic rings. The van der Waals surface area contributed by atoms with Gasteiger partial charge in [-0.05, 0) is 55.0 Å². The number of aliphatic hydroxyl groups is 1. The lowest BCUT2D eigenvalue weighted by atomic mass is 9.99. The van der Waals surface area contributed by atoms with Crippen LogP contribution in [-0.2, 0) is 15.3 Å². The number of ether oxygens (including phenoxy) is 2. The van der Waals surface area contributed by atoms with Gasteiger partial charge in [-0.25, -0.2) is 0 Å². The fourth-order valence-electron chi connectivity index (χ4n) is 4.33. The van der Waals surface area contributed by atoms with E-state index in [1.54, 1.807) is 37.3 Å². The molecule has 2 aromatic heterocycles. The molecule has 0 bridgehead atoms. The summed E-state index contributed by atoms with van der Waals surface area (Å²) in [5.41, 5.74) is 1.24. The highest BCUT2D eigenvalue weighted by Crippen LogP contribution is 2.45. The number of rotatable bonds is 6. The zero-order chi connectivity index (χ0) is 27.1. The molecule has 1 amide bonds. The van der Waals surface area contributed by atoms with Gasteiger partial charge in [-0.1, -0.05) is 46.8 Å². The van der Waals surface area contributed by atoms with E-state index in [1.165, 1.54) is 28.0 Å². The highest BCUT2D eigenvalue weighted by molar-refractivity contribution is 8.00. The molecule has 12 heteroatoms. The third kappa shape index (κ3) is 4.88. The van der Waals surface area contributed by atoms with Gasteiger partial charge < -0.3 is 19.0 Å². The van der Waals surface area contributed by atoms with Crippen molar-refractivity contribution in [1.29, 1.82) is 0 Å². The average Bonchev–Trinajstić information content (AvgIpc) is 3.66. The number of hydrogen-bond donors (Lipinski definition) is 1. The molecule has 0 radical (unpaired) electrons. The van der Waals surface area contributed by atoms with Crippen LogP contribution in [0.5, 0.6) is 11.5 Å². The molecule has 1 saturated heterocycles. The maximum absolute atomic E-state index is 13.4. The minimum atomic E-state index is -1.03. The van der Waals surface area contributed by atoms with Gasteiger partial charge in [0.2, 0.25) is 5.13 Å². The van der Waals surface area contributed by atoms with Crippen LogP contribution in [0.4, 0.5) is 5.13 Å². The molecule has 1 fully saturated rings. The summed E-state index contributed by atoms with van der Waals surface area (Å²) in [4.78, 5) is 28.0. The zero-order valence-electron chi connectivity index (χ0n) is 20.4. The van der Waals surface area contributed by atoms with E-state index in [0.717, 1.165) is 5.56 Å². The number of carbonyl (C=O) groups excluding carboxylic acids is 2. The van der Waals surface area contributed by atoms with Crippen molar-refractivity contribution in [3.63, 3.8) is 0 Å². The number of aromatic nitrogens is 2. The monoisotopic (exact) mass is 581 g/mol. The van der Waals surface area contributed by atoms with Crippen molar-refractivity contribution in [3.05, 3.63) is 87.8 Å². The second-order valence-electron chi connectivity index (χ2n) is 8.74. The van der Waals surface area contributed by atoms with Gasteiger partial charge in [-0.15, -0.1) is 10.2 Å². The predicted molar refractivity (Wildman–Crippen MR) is 147 cm³/mol. The van der Waals surface area contributed by atoms with Crippen LogP contribution in [0, 0.1) is 6.92 Å². The molecule has 2 aliphatic heterocycles. The van der Waals surface area contributed by atoms with Crippen molar-refractivity contribution in [2.75, 3.05) is 18.1 Å². The second kappa shape index (κ2) is 10.4. The van der Waals surface area contributed by atoms with Gasteiger partial charge in [0.15, 0.2) is 15.8 Å². The number of fused-ring (bicyclic) bond motifs is 1. The summed E-state index contributed by atoms with van der Waals surface area (Å²) in [6.45, 7) is 2.54. The van der Waals surface area contributed by atoms with Crippen LogP contribution in [0.25, 0.3) is 5.76 Å². The molecule has 4 heterocycles. The molecular formula is C27H20ClN3O6S2. The van der Waals surface area contributed by atoms with E-state index in [2.05, 4.69) is 10.2 Å². The summed E-state index contributed by atoms with van der Waals surface area (Å²) in [5, 5.41) is 20.7. The third-order valence-corrected chi connectivity index (χ3v) is 8.55. The number of benzene rings is 2. The van der Waals surface area contributed by atoms with Crippen molar-refractivity contribution >= 4 is 57.3 Å². The van der Waals surface area contributed by atoms with Gasteiger partial charge in [0.1, 0.15) is 36.5 Å². The minimum absolute atomic E-state index is 0.114. The predicted octanol–water partition coefficient (Wildman–Crippen LogP) is 5.78. The van der Waals surface area contributed by atoms with Gasteiger partial charge in [0, 0.05) is 16.3 Å². The van der Waals surface area contributed by atoms with Gasteiger partial charge in [-0.2, -0.15) is 0 Å². The minimum Gasteiger partial charge on any atom is -0.507 e. The number of furan rings is 1. The standard InChI is InChI=1S/C27H20ClN3O6S2/c1-14-2-8-19(37-14)22-21(23(32)16-5-9-18-20(12-16)36-11-10-35-18)24(33)25(34)31(22)26-29-30-27(39-26)38-13-15-3-6-17(28)7-4-15/h2-9,12,22,32H,10-11,13H2,1H3. The smallest absolute Gasteiger partial charge is 0.302 e. The van der Waals surface area contributed by atoms with Gasteiger partial charge >= 0.3 is 5.91 Å². The Morgan fingerprint density at radius 1 is 1.08 bits per heavy atom. The maximum atomic E-state index is 13.4. The van der Waals surface area contributed by atoms with Crippen LogP contribution >= 0.6 is 34.7 Å². The topological polar surface area (TPSA) is 115 Å². The SMILES string of the molecule is Cc1ccc(C2C(=C(O)c3ccc4c(c3)OCCO4)C(=O)C(=O)N2c2nnc(SCc3ccc(Cl)cc3)s2)o1. The number of aliphatic hydroxyl groups excluding tert-OH is 1. The van der Waals surface area contributed by atoms with Crippen LogP contribution < -0.4 is 14.4 Å². The molecule has 0 aliphatic carbocycles.